The van der Waals surface area contributed by atoms with Crippen LogP contribution in [-0.4, -0.2) is 33.9 Å². The normalized spacial score (nSPS) is 14.0. The first-order valence-electron chi connectivity index (χ1n) is 6.16. The van der Waals surface area contributed by atoms with Gasteiger partial charge < -0.3 is 10.2 Å². The van der Waals surface area contributed by atoms with Crippen molar-refractivity contribution in [1.29, 1.82) is 0 Å². The molecule has 98 valence electrons. The fraction of sp³-hybridized carbons (Fsp3) is 0.308. The molecule has 0 aromatic carbocycles. The van der Waals surface area contributed by atoms with Gasteiger partial charge in [0, 0.05) is 30.4 Å². The number of aromatic nitrogens is 2. The van der Waals surface area contributed by atoms with Gasteiger partial charge in [-0.1, -0.05) is 0 Å². The van der Waals surface area contributed by atoms with E-state index in [1.807, 2.05) is 4.90 Å². The van der Waals surface area contributed by atoms with E-state index in [9.17, 15) is 4.79 Å². The number of nitrogens with one attached hydrogen (secondary N) is 1. The van der Waals surface area contributed by atoms with E-state index in [2.05, 4.69) is 26.7 Å². The van der Waals surface area contributed by atoms with Crippen molar-refractivity contribution in [2.24, 2.45) is 0 Å². The fourth-order valence-electron chi connectivity index (χ4n) is 2.13. The molecule has 1 amide bonds. The Bertz CT molecular complexity index is 569. The van der Waals surface area contributed by atoms with Gasteiger partial charge in [-0.05, 0) is 23.4 Å². The second kappa shape index (κ2) is 5.36. The van der Waals surface area contributed by atoms with Crippen LogP contribution in [-0.2, 0) is 17.8 Å². The number of fused-ring (bicyclic) bond motifs is 1. The minimum absolute atomic E-state index is 0.0995. The van der Waals surface area contributed by atoms with Crippen molar-refractivity contribution in [3.8, 4) is 0 Å². The molecule has 0 saturated heterocycles. The van der Waals surface area contributed by atoms with Gasteiger partial charge in [-0.25, -0.2) is 4.98 Å². The first-order valence-corrected chi connectivity index (χ1v) is 7.04. The smallest absolute Gasteiger partial charge is 0.242 e. The maximum absolute atomic E-state index is 12.1. The lowest BCUT2D eigenvalue weighted by atomic mass is 10.1. The summed E-state index contributed by atoms with van der Waals surface area (Å²) in [7, 11) is 0. The largest absolute Gasteiger partial charge is 0.360 e. The van der Waals surface area contributed by atoms with Crippen LogP contribution in [0.25, 0.3) is 0 Å². The van der Waals surface area contributed by atoms with Gasteiger partial charge in [0.2, 0.25) is 5.91 Å². The lowest BCUT2D eigenvalue weighted by Gasteiger charge is -2.27. The number of amides is 1. The van der Waals surface area contributed by atoms with Crippen LogP contribution in [0.5, 0.6) is 0 Å². The minimum atomic E-state index is 0.0995. The maximum atomic E-state index is 12.1. The van der Waals surface area contributed by atoms with Gasteiger partial charge in [0.1, 0.15) is 5.82 Å². The van der Waals surface area contributed by atoms with Crippen LogP contribution in [0.3, 0.4) is 0 Å². The van der Waals surface area contributed by atoms with Crippen LogP contribution in [0.15, 0.2) is 30.0 Å². The van der Waals surface area contributed by atoms with E-state index in [0.717, 1.165) is 19.5 Å². The average Bonchev–Trinajstić information content (AvgIpc) is 2.93. The summed E-state index contributed by atoms with van der Waals surface area (Å²) < 4.78 is 0. The van der Waals surface area contributed by atoms with Crippen LogP contribution < -0.4 is 5.32 Å². The Morgan fingerprint density at radius 3 is 3.26 bits per heavy atom. The number of hydrogen-bond acceptors (Lipinski definition) is 5. The van der Waals surface area contributed by atoms with Gasteiger partial charge >= 0.3 is 0 Å². The first kappa shape index (κ1) is 12.1. The Balaban J connectivity index is 1.57. The zero-order valence-corrected chi connectivity index (χ0v) is 11.2. The van der Waals surface area contributed by atoms with E-state index in [4.69, 9.17) is 0 Å². The molecule has 0 atom stereocenters. The summed E-state index contributed by atoms with van der Waals surface area (Å²) >= 11 is 1.78. The van der Waals surface area contributed by atoms with Crippen molar-refractivity contribution in [2.75, 3.05) is 18.4 Å². The summed E-state index contributed by atoms with van der Waals surface area (Å²) in [5.74, 6) is 0.728. The van der Waals surface area contributed by atoms with Gasteiger partial charge in [-0.15, -0.1) is 11.3 Å². The third-order valence-electron chi connectivity index (χ3n) is 3.14. The molecule has 6 heteroatoms. The molecule has 2 aromatic heterocycles. The number of rotatable bonds is 3. The Hall–Kier alpha value is -1.95. The van der Waals surface area contributed by atoms with E-state index >= 15 is 0 Å². The van der Waals surface area contributed by atoms with Gasteiger partial charge in [-0.2, -0.15) is 0 Å². The number of anilines is 1. The fourth-order valence-corrected chi connectivity index (χ4v) is 3.02. The Kier molecular flexibility index (Phi) is 3.41. The van der Waals surface area contributed by atoms with E-state index < -0.39 is 0 Å². The van der Waals surface area contributed by atoms with Crippen LogP contribution in [0.1, 0.15) is 10.4 Å². The summed E-state index contributed by atoms with van der Waals surface area (Å²) in [6.07, 6.45) is 5.78. The number of carbonyl (C=O) groups excluding carboxylic acids is 1. The van der Waals surface area contributed by atoms with E-state index in [1.165, 1.54) is 10.4 Å². The van der Waals surface area contributed by atoms with Crippen LogP contribution >= 0.6 is 11.3 Å². The topological polar surface area (TPSA) is 58.1 Å². The zero-order valence-electron chi connectivity index (χ0n) is 10.4. The first-order chi connectivity index (χ1) is 9.33. The zero-order chi connectivity index (χ0) is 13.1. The van der Waals surface area contributed by atoms with Gasteiger partial charge in [-0.3, -0.25) is 9.78 Å². The lowest BCUT2D eigenvalue weighted by Crippen LogP contribution is -2.38. The number of hydrogen-bond donors (Lipinski definition) is 1. The SMILES string of the molecule is O=C(CNc1cnccn1)N1CCc2sccc2C1. The third kappa shape index (κ3) is 2.73. The second-order valence-electron chi connectivity index (χ2n) is 4.38. The van der Waals surface area contributed by atoms with Crippen molar-refractivity contribution in [3.05, 3.63) is 40.5 Å². The van der Waals surface area contributed by atoms with E-state index in [0.29, 0.717) is 5.82 Å². The molecule has 1 aliphatic heterocycles. The van der Waals surface area contributed by atoms with Gasteiger partial charge in [0.05, 0.1) is 12.7 Å². The molecule has 0 bridgehead atoms. The average molecular weight is 274 g/mol. The number of thiophene rings is 1. The molecule has 0 aliphatic carbocycles. The van der Waals surface area contributed by atoms with Crippen molar-refractivity contribution in [1.82, 2.24) is 14.9 Å². The minimum Gasteiger partial charge on any atom is -0.360 e. The summed E-state index contributed by atoms with van der Waals surface area (Å²) in [5.41, 5.74) is 1.28. The van der Waals surface area contributed by atoms with Crippen molar-refractivity contribution in [2.45, 2.75) is 13.0 Å². The molecule has 2 aromatic rings. The molecule has 1 aliphatic rings. The Labute approximate surface area is 115 Å². The van der Waals surface area contributed by atoms with E-state index in [1.54, 1.807) is 29.9 Å². The highest BCUT2D eigenvalue weighted by Gasteiger charge is 2.20. The Morgan fingerprint density at radius 1 is 1.47 bits per heavy atom. The molecule has 5 nitrogen and oxygen atoms in total. The molecule has 0 radical (unpaired) electrons. The molecule has 0 fully saturated rings. The summed E-state index contributed by atoms with van der Waals surface area (Å²) in [4.78, 5) is 23.4. The molecule has 19 heavy (non-hydrogen) atoms. The predicted molar refractivity (Wildman–Crippen MR) is 74.0 cm³/mol. The lowest BCUT2D eigenvalue weighted by molar-refractivity contribution is -0.130. The number of carbonyl (C=O) groups is 1. The van der Waals surface area contributed by atoms with Crippen LogP contribution in [0, 0.1) is 0 Å². The molecular weight excluding hydrogens is 260 g/mol. The third-order valence-corrected chi connectivity index (χ3v) is 4.17. The predicted octanol–water partition coefficient (Wildman–Crippen LogP) is 1.53. The van der Waals surface area contributed by atoms with Crippen molar-refractivity contribution in [3.63, 3.8) is 0 Å². The van der Waals surface area contributed by atoms with Crippen LogP contribution in [0.2, 0.25) is 0 Å². The maximum Gasteiger partial charge on any atom is 0.242 e. The summed E-state index contributed by atoms with van der Waals surface area (Å²) in [6, 6.07) is 2.11. The summed E-state index contributed by atoms with van der Waals surface area (Å²) in [6.45, 7) is 1.78. The summed E-state index contributed by atoms with van der Waals surface area (Å²) in [5, 5.41) is 5.09. The molecular formula is C13H14N4OS. The monoisotopic (exact) mass is 274 g/mol. The molecule has 0 saturated carbocycles. The standard InChI is InChI=1S/C13H14N4OS/c18-13(8-16-12-7-14-3-4-15-12)17-5-1-11-10(9-17)2-6-19-11/h2-4,6-7H,1,5,8-9H2,(H,15,16). The molecule has 0 spiro atoms. The highest BCUT2D eigenvalue weighted by Crippen LogP contribution is 2.23. The molecule has 3 rings (SSSR count). The molecule has 0 unspecified atom stereocenters. The second-order valence-corrected chi connectivity index (χ2v) is 5.38. The van der Waals surface area contributed by atoms with Crippen molar-refractivity contribution >= 4 is 23.1 Å². The highest BCUT2D eigenvalue weighted by atomic mass is 32.1. The van der Waals surface area contributed by atoms with Crippen molar-refractivity contribution < 1.29 is 4.79 Å². The quantitative estimate of drug-likeness (QED) is 0.922. The van der Waals surface area contributed by atoms with Gasteiger partial charge in [0.15, 0.2) is 0 Å². The molecule has 3 heterocycles. The number of nitrogens with zero attached hydrogens (tertiary/aromatic N) is 3. The van der Waals surface area contributed by atoms with Crippen LogP contribution in [0.4, 0.5) is 5.82 Å². The van der Waals surface area contributed by atoms with Gasteiger partial charge in [0.25, 0.3) is 0 Å². The highest BCUT2D eigenvalue weighted by molar-refractivity contribution is 7.10. The molecule has 1 N–H and O–H groups in total. The Morgan fingerprint density at radius 2 is 2.42 bits per heavy atom. The van der Waals surface area contributed by atoms with E-state index in [-0.39, 0.29) is 12.5 Å².